The van der Waals surface area contributed by atoms with Gasteiger partial charge < -0.3 is 14.3 Å². The van der Waals surface area contributed by atoms with E-state index in [1.54, 1.807) is 13.4 Å². The molecule has 0 aliphatic heterocycles. The zero-order chi connectivity index (χ0) is 12.3. The van der Waals surface area contributed by atoms with E-state index in [2.05, 4.69) is 6.92 Å². The second-order valence-electron chi connectivity index (χ2n) is 5.25. The van der Waals surface area contributed by atoms with Crippen molar-refractivity contribution >= 4 is 0 Å². The molecule has 0 radical (unpaired) electrons. The Hall–Kier alpha value is -0.800. The van der Waals surface area contributed by atoms with Crippen LogP contribution in [0.3, 0.4) is 0 Å². The summed E-state index contributed by atoms with van der Waals surface area (Å²) in [5.41, 5.74) is -0.376. The first-order valence-corrected chi connectivity index (χ1v) is 6.42. The van der Waals surface area contributed by atoms with Gasteiger partial charge in [0.2, 0.25) is 0 Å². The van der Waals surface area contributed by atoms with Crippen molar-refractivity contribution in [3.05, 3.63) is 24.2 Å². The first-order valence-electron chi connectivity index (χ1n) is 6.42. The molecule has 2 rings (SSSR count). The van der Waals surface area contributed by atoms with Crippen LogP contribution < -0.4 is 0 Å². The van der Waals surface area contributed by atoms with Gasteiger partial charge in [-0.3, -0.25) is 0 Å². The van der Waals surface area contributed by atoms with Crippen LogP contribution in [-0.2, 0) is 11.2 Å². The molecule has 3 nitrogen and oxygen atoms in total. The van der Waals surface area contributed by atoms with E-state index in [0.29, 0.717) is 6.42 Å². The van der Waals surface area contributed by atoms with E-state index in [4.69, 9.17) is 9.15 Å². The predicted octanol–water partition coefficient (Wildman–Crippen LogP) is 2.78. The highest BCUT2D eigenvalue weighted by Crippen LogP contribution is 2.37. The molecule has 1 aliphatic carbocycles. The van der Waals surface area contributed by atoms with E-state index < -0.39 is 6.10 Å². The van der Waals surface area contributed by atoms with Gasteiger partial charge in [0.05, 0.1) is 18.0 Å². The molecule has 1 saturated carbocycles. The Bertz CT molecular complexity index is 323. The van der Waals surface area contributed by atoms with Gasteiger partial charge in [0.25, 0.3) is 0 Å². The molecular weight excluding hydrogens is 216 g/mol. The third-order valence-corrected chi connectivity index (χ3v) is 4.11. The van der Waals surface area contributed by atoms with Crippen molar-refractivity contribution in [1.29, 1.82) is 0 Å². The summed E-state index contributed by atoms with van der Waals surface area (Å²) in [5, 5.41) is 10.4. The Morgan fingerprint density at radius 2 is 2.24 bits per heavy atom. The average molecular weight is 238 g/mol. The second-order valence-corrected chi connectivity index (χ2v) is 5.25. The number of hydrogen-bond donors (Lipinski definition) is 1. The summed E-state index contributed by atoms with van der Waals surface area (Å²) >= 11 is 0. The minimum absolute atomic E-state index is 0.376. The lowest BCUT2D eigenvalue weighted by Gasteiger charge is -2.41. The van der Waals surface area contributed by atoms with Crippen molar-refractivity contribution in [3.8, 4) is 0 Å². The quantitative estimate of drug-likeness (QED) is 0.877. The average Bonchev–Trinajstić information content (AvgIpc) is 2.83. The molecule has 3 heteroatoms. The van der Waals surface area contributed by atoms with Crippen LogP contribution in [0.4, 0.5) is 0 Å². The third-order valence-electron chi connectivity index (χ3n) is 4.11. The molecule has 1 aromatic rings. The minimum atomic E-state index is -0.480. The number of aliphatic hydroxyl groups excluding tert-OH is 1. The molecule has 0 spiro atoms. The van der Waals surface area contributed by atoms with Crippen LogP contribution in [0.2, 0.25) is 0 Å². The fourth-order valence-corrected chi connectivity index (χ4v) is 2.73. The van der Waals surface area contributed by atoms with Gasteiger partial charge in [0.1, 0.15) is 5.76 Å². The van der Waals surface area contributed by atoms with Crippen molar-refractivity contribution in [2.24, 2.45) is 5.92 Å². The molecule has 0 saturated heterocycles. The zero-order valence-electron chi connectivity index (χ0n) is 10.7. The highest BCUT2D eigenvalue weighted by Gasteiger charge is 2.40. The Balaban J connectivity index is 2.02. The molecule has 1 heterocycles. The fourth-order valence-electron chi connectivity index (χ4n) is 2.73. The van der Waals surface area contributed by atoms with Crippen LogP contribution >= 0.6 is 0 Å². The van der Waals surface area contributed by atoms with Crippen LogP contribution in [0, 0.1) is 5.92 Å². The predicted molar refractivity (Wildman–Crippen MR) is 65.8 cm³/mol. The topological polar surface area (TPSA) is 42.6 Å². The van der Waals surface area contributed by atoms with Crippen LogP contribution in [0.5, 0.6) is 0 Å². The molecule has 1 fully saturated rings. The van der Waals surface area contributed by atoms with Crippen molar-refractivity contribution in [3.63, 3.8) is 0 Å². The lowest BCUT2D eigenvalue weighted by molar-refractivity contribution is -0.128. The summed E-state index contributed by atoms with van der Waals surface area (Å²) in [4.78, 5) is 0. The summed E-state index contributed by atoms with van der Waals surface area (Å²) in [6, 6.07) is 3.75. The fraction of sp³-hybridized carbons (Fsp3) is 0.714. The number of rotatable bonds is 4. The number of aliphatic hydroxyl groups is 1. The molecule has 0 amide bonds. The van der Waals surface area contributed by atoms with Gasteiger partial charge in [0.15, 0.2) is 0 Å². The number of hydrogen-bond acceptors (Lipinski definition) is 3. The lowest BCUT2D eigenvalue weighted by Crippen LogP contribution is -2.47. The Morgan fingerprint density at radius 3 is 2.76 bits per heavy atom. The van der Waals surface area contributed by atoms with Gasteiger partial charge in [0, 0.05) is 13.5 Å². The van der Waals surface area contributed by atoms with Crippen molar-refractivity contribution in [2.75, 3.05) is 7.11 Å². The summed E-state index contributed by atoms with van der Waals surface area (Å²) < 4.78 is 10.9. The molecule has 1 aromatic heterocycles. The largest absolute Gasteiger partial charge is 0.469 e. The molecule has 1 atom stereocenters. The van der Waals surface area contributed by atoms with Gasteiger partial charge in [-0.05, 0) is 43.7 Å². The summed E-state index contributed by atoms with van der Waals surface area (Å²) in [6.07, 6.45) is 5.83. The Morgan fingerprint density at radius 1 is 1.53 bits per heavy atom. The molecule has 1 aliphatic rings. The van der Waals surface area contributed by atoms with Crippen LogP contribution in [0.15, 0.2) is 22.8 Å². The van der Waals surface area contributed by atoms with Gasteiger partial charge in [-0.15, -0.1) is 0 Å². The molecule has 96 valence electrons. The maximum absolute atomic E-state index is 10.4. The van der Waals surface area contributed by atoms with Gasteiger partial charge in [-0.25, -0.2) is 0 Å². The van der Waals surface area contributed by atoms with Gasteiger partial charge in [-0.2, -0.15) is 0 Å². The summed E-state index contributed by atoms with van der Waals surface area (Å²) in [6.45, 7) is 2.26. The molecule has 0 bridgehead atoms. The van der Waals surface area contributed by atoms with Crippen LogP contribution in [0.1, 0.15) is 38.4 Å². The van der Waals surface area contributed by atoms with E-state index in [0.717, 1.165) is 37.4 Å². The van der Waals surface area contributed by atoms with Crippen LogP contribution in [0.25, 0.3) is 0 Å². The SMILES string of the molecule is COC1(C(O)Cc2ccco2)CCC(C)CC1. The van der Waals surface area contributed by atoms with E-state index in [9.17, 15) is 5.11 Å². The maximum Gasteiger partial charge on any atom is 0.106 e. The minimum Gasteiger partial charge on any atom is -0.469 e. The summed E-state index contributed by atoms with van der Waals surface area (Å²) in [5.74, 6) is 1.57. The molecular formula is C14H22O3. The molecule has 1 unspecified atom stereocenters. The van der Waals surface area contributed by atoms with Gasteiger partial charge >= 0.3 is 0 Å². The normalized spacial score (nSPS) is 31.4. The lowest BCUT2D eigenvalue weighted by atomic mass is 9.75. The third kappa shape index (κ3) is 2.72. The monoisotopic (exact) mass is 238 g/mol. The Labute approximate surface area is 103 Å². The van der Waals surface area contributed by atoms with E-state index in [1.807, 2.05) is 12.1 Å². The van der Waals surface area contributed by atoms with Crippen molar-refractivity contribution in [2.45, 2.75) is 50.7 Å². The summed E-state index contributed by atoms with van der Waals surface area (Å²) in [7, 11) is 1.71. The van der Waals surface area contributed by atoms with Crippen molar-refractivity contribution < 1.29 is 14.3 Å². The first kappa shape index (κ1) is 12.7. The highest BCUT2D eigenvalue weighted by atomic mass is 16.5. The second kappa shape index (κ2) is 5.23. The molecule has 17 heavy (non-hydrogen) atoms. The molecule has 1 N–H and O–H groups in total. The standard InChI is InChI=1S/C14H22O3/c1-11-5-7-14(16-2,8-6-11)13(15)10-12-4-3-9-17-12/h3-4,9,11,13,15H,5-8,10H2,1-2H3. The van der Waals surface area contributed by atoms with E-state index in [-0.39, 0.29) is 5.60 Å². The smallest absolute Gasteiger partial charge is 0.106 e. The van der Waals surface area contributed by atoms with Crippen molar-refractivity contribution in [1.82, 2.24) is 0 Å². The van der Waals surface area contributed by atoms with Crippen LogP contribution in [-0.4, -0.2) is 23.9 Å². The Kier molecular flexibility index (Phi) is 3.89. The maximum atomic E-state index is 10.4. The number of methoxy groups -OCH3 is 1. The van der Waals surface area contributed by atoms with E-state index >= 15 is 0 Å². The van der Waals surface area contributed by atoms with E-state index in [1.165, 1.54) is 0 Å². The molecule has 0 aromatic carbocycles. The van der Waals surface area contributed by atoms with Gasteiger partial charge in [-0.1, -0.05) is 6.92 Å². The number of furan rings is 1. The first-order chi connectivity index (χ1) is 8.16. The number of ether oxygens (including phenoxy) is 1. The zero-order valence-corrected chi connectivity index (χ0v) is 10.7. The highest BCUT2D eigenvalue weighted by molar-refractivity contribution is 5.03.